The molecule has 0 fully saturated rings. The van der Waals surface area contributed by atoms with E-state index in [-0.39, 0.29) is 12.5 Å². The van der Waals surface area contributed by atoms with Crippen molar-refractivity contribution in [3.05, 3.63) is 40.1 Å². The normalized spacial score (nSPS) is 10.4. The molecule has 0 amide bonds. The molecule has 0 bridgehead atoms. The van der Waals surface area contributed by atoms with Gasteiger partial charge in [0.25, 0.3) is 0 Å². The van der Waals surface area contributed by atoms with Gasteiger partial charge in [-0.3, -0.25) is 0 Å². The van der Waals surface area contributed by atoms with E-state index in [2.05, 4.69) is 15.4 Å². The van der Waals surface area contributed by atoms with Gasteiger partial charge in [-0.2, -0.15) is 4.98 Å². The number of halogens is 2. The largest absolute Gasteiger partial charge is 0.437 e. The van der Waals surface area contributed by atoms with Crippen LogP contribution in [0.15, 0.2) is 24.3 Å². The number of nitrogens with one attached hydrogen (secondary N) is 1. The molecule has 3 N–H and O–H groups in total. The number of ether oxygens (including phenoxy) is 2. The molecule has 2 rings (SSSR count). The molecular weight excluding hydrogens is 303 g/mol. The molecule has 1 aromatic heterocycles. The van der Waals surface area contributed by atoms with Crippen LogP contribution in [0.2, 0.25) is 10.0 Å². The number of hydrogen-bond donors (Lipinski definition) is 2. The van der Waals surface area contributed by atoms with Crippen molar-refractivity contribution < 1.29 is 9.47 Å². The molecule has 8 heteroatoms. The Morgan fingerprint density at radius 1 is 1.25 bits per heavy atom. The fourth-order valence-electron chi connectivity index (χ4n) is 1.46. The van der Waals surface area contributed by atoms with Gasteiger partial charge in [-0.15, -0.1) is 0 Å². The molecule has 0 atom stereocenters. The molecule has 1 heterocycles. The Labute approximate surface area is 125 Å². The Bertz CT molecular complexity index is 610. The van der Waals surface area contributed by atoms with Gasteiger partial charge in [-0.1, -0.05) is 23.2 Å². The molecule has 0 unspecified atom stereocenters. The van der Waals surface area contributed by atoms with Crippen molar-refractivity contribution in [2.75, 3.05) is 12.5 Å². The molecule has 0 aliphatic carbocycles. The van der Waals surface area contributed by atoms with Gasteiger partial charge in [0.2, 0.25) is 5.88 Å². The first kappa shape index (κ1) is 14.8. The summed E-state index contributed by atoms with van der Waals surface area (Å²) >= 11 is 11.9. The molecule has 0 saturated heterocycles. The van der Waals surface area contributed by atoms with Crippen molar-refractivity contribution in [1.82, 2.24) is 9.97 Å². The summed E-state index contributed by atoms with van der Waals surface area (Å²) in [5.41, 5.74) is 2.43. The van der Waals surface area contributed by atoms with Crippen LogP contribution in [-0.4, -0.2) is 17.1 Å². The lowest BCUT2D eigenvalue weighted by atomic mass is 10.3. The number of rotatable bonds is 5. The lowest BCUT2D eigenvalue weighted by molar-refractivity contribution is 0.177. The number of benzene rings is 1. The number of hydrazine groups is 1. The minimum Gasteiger partial charge on any atom is -0.437 e. The second-order valence-electron chi connectivity index (χ2n) is 3.76. The number of nitrogens with zero attached hydrogens (tertiary/aromatic N) is 2. The van der Waals surface area contributed by atoms with Crippen LogP contribution in [0.4, 0.5) is 5.82 Å². The smallest absolute Gasteiger partial charge is 0.224 e. The van der Waals surface area contributed by atoms with Crippen LogP contribution in [0.3, 0.4) is 0 Å². The lowest BCUT2D eigenvalue weighted by Gasteiger charge is -2.10. The highest BCUT2D eigenvalue weighted by molar-refractivity contribution is 6.34. The molecule has 1 aromatic carbocycles. The third-order valence-corrected chi connectivity index (χ3v) is 2.83. The van der Waals surface area contributed by atoms with Crippen molar-refractivity contribution >= 4 is 29.0 Å². The van der Waals surface area contributed by atoms with Crippen molar-refractivity contribution in [1.29, 1.82) is 0 Å². The second-order valence-corrected chi connectivity index (χ2v) is 4.61. The maximum Gasteiger partial charge on any atom is 0.224 e. The number of nitrogen functional groups attached to an aromatic ring is 1. The first-order valence-electron chi connectivity index (χ1n) is 5.59. The number of anilines is 1. The molecule has 20 heavy (non-hydrogen) atoms. The van der Waals surface area contributed by atoms with E-state index in [4.69, 9.17) is 38.5 Å². The SMILES string of the molecule is COCc1nc(NN)cc(Oc2cc(Cl)ccc2Cl)n1. The Morgan fingerprint density at radius 2 is 2.05 bits per heavy atom. The maximum absolute atomic E-state index is 6.03. The summed E-state index contributed by atoms with van der Waals surface area (Å²) in [5.74, 6) is 6.85. The van der Waals surface area contributed by atoms with Gasteiger partial charge in [0.15, 0.2) is 5.82 Å². The highest BCUT2D eigenvalue weighted by Crippen LogP contribution is 2.31. The van der Waals surface area contributed by atoms with Crippen LogP contribution in [0, 0.1) is 0 Å². The average molecular weight is 315 g/mol. The summed E-state index contributed by atoms with van der Waals surface area (Å²) in [4.78, 5) is 8.29. The topological polar surface area (TPSA) is 82.3 Å². The first-order chi connectivity index (χ1) is 9.62. The zero-order valence-electron chi connectivity index (χ0n) is 10.6. The Balaban J connectivity index is 2.32. The Hall–Kier alpha value is -1.60. The minimum atomic E-state index is 0.231. The quantitative estimate of drug-likeness (QED) is 0.652. The van der Waals surface area contributed by atoms with Gasteiger partial charge in [-0.25, -0.2) is 10.8 Å². The fraction of sp³-hybridized carbons (Fsp3) is 0.167. The average Bonchev–Trinajstić information content (AvgIpc) is 2.43. The second kappa shape index (κ2) is 6.71. The Kier molecular flexibility index (Phi) is 4.97. The molecule has 0 radical (unpaired) electrons. The molecule has 2 aromatic rings. The van der Waals surface area contributed by atoms with Gasteiger partial charge < -0.3 is 14.9 Å². The van der Waals surface area contributed by atoms with Gasteiger partial charge in [0.05, 0.1) is 5.02 Å². The van der Waals surface area contributed by atoms with Crippen molar-refractivity contribution in [3.63, 3.8) is 0 Å². The van der Waals surface area contributed by atoms with Crippen LogP contribution >= 0.6 is 23.2 Å². The summed E-state index contributed by atoms with van der Waals surface area (Å²) < 4.78 is 10.6. The Morgan fingerprint density at radius 3 is 2.75 bits per heavy atom. The molecule has 0 aliphatic rings. The number of methoxy groups -OCH3 is 1. The molecular formula is C12H12Cl2N4O2. The minimum absolute atomic E-state index is 0.231. The highest BCUT2D eigenvalue weighted by atomic mass is 35.5. The highest BCUT2D eigenvalue weighted by Gasteiger charge is 2.09. The number of aromatic nitrogens is 2. The number of nitrogens with two attached hydrogens (primary N) is 1. The zero-order valence-corrected chi connectivity index (χ0v) is 12.1. The van der Waals surface area contributed by atoms with Crippen molar-refractivity contribution in [2.24, 2.45) is 5.84 Å². The van der Waals surface area contributed by atoms with Crippen LogP contribution in [-0.2, 0) is 11.3 Å². The number of hydrogen-bond acceptors (Lipinski definition) is 6. The predicted octanol–water partition coefficient (Wildman–Crippen LogP) is 3.01. The van der Waals surface area contributed by atoms with Crippen LogP contribution in [0.5, 0.6) is 11.6 Å². The van der Waals surface area contributed by atoms with Crippen LogP contribution in [0.25, 0.3) is 0 Å². The van der Waals surface area contributed by atoms with E-state index >= 15 is 0 Å². The molecule has 0 aliphatic heterocycles. The molecule has 0 spiro atoms. The zero-order chi connectivity index (χ0) is 14.5. The van der Waals surface area contributed by atoms with Gasteiger partial charge >= 0.3 is 0 Å². The third-order valence-electron chi connectivity index (χ3n) is 2.28. The van der Waals surface area contributed by atoms with E-state index < -0.39 is 0 Å². The van der Waals surface area contributed by atoms with Crippen molar-refractivity contribution in [2.45, 2.75) is 6.61 Å². The van der Waals surface area contributed by atoms with E-state index in [1.54, 1.807) is 25.3 Å². The van der Waals surface area contributed by atoms with E-state index in [9.17, 15) is 0 Å². The fourth-order valence-corrected chi connectivity index (χ4v) is 1.78. The first-order valence-corrected chi connectivity index (χ1v) is 6.34. The molecule has 106 valence electrons. The van der Waals surface area contributed by atoms with Crippen LogP contribution < -0.4 is 16.0 Å². The van der Waals surface area contributed by atoms with E-state index in [0.29, 0.717) is 27.4 Å². The lowest BCUT2D eigenvalue weighted by Crippen LogP contribution is -2.11. The van der Waals surface area contributed by atoms with E-state index in [1.165, 1.54) is 6.07 Å². The summed E-state index contributed by atoms with van der Waals surface area (Å²) in [6.07, 6.45) is 0. The summed E-state index contributed by atoms with van der Waals surface area (Å²) in [5, 5.41) is 0.927. The summed E-state index contributed by atoms with van der Waals surface area (Å²) in [6.45, 7) is 0.231. The monoisotopic (exact) mass is 314 g/mol. The molecule has 6 nitrogen and oxygen atoms in total. The van der Waals surface area contributed by atoms with Gasteiger partial charge in [0.1, 0.15) is 18.2 Å². The van der Waals surface area contributed by atoms with Crippen molar-refractivity contribution in [3.8, 4) is 11.6 Å². The van der Waals surface area contributed by atoms with E-state index in [1.807, 2.05) is 0 Å². The molecule has 0 saturated carbocycles. The standard InChI is InChI=1S/C12H12Cl2N4O2/c1-19-6-11-16-10(18-15)5-12(17-11)20-9-4-7(13)2-3-8(9)14/h2-5H,6,15H2,1H3,(H,16,17,18). The summed E-state index contributed by atoms with van der Waals surface area (Å²) in [7, 11) is 1.54. The third kappa shape index (κ3) is 3.71. The maximum atomic E-state index is 6.03. The summed E-state index contributed by atoms with van der Waals surface area (Å²) in [6, 6.07) is 6.44. The predicted molar refractivity (Wildman–Crippen MR) is 77.1 cm³/mol. The van der Waals surface area contributed by atoms with Gasteiger partial charge in [-0.05, 0) is 12.1 Å². The van der Waals surface area contributed by atoms with Gasteiger partial charge in [0, 0.05) is 24.3 Å². The van der Waals surface area contributed by atoms with E-state index in [0.717, 1.165) is 0 Å². The van der Waals surface area contributed by atoms with Crippen LogP contribution in [0.1, 0.15) is 5.82 Å².